The summed E-state index contributed by atoms with van der Waals surface area (Å²) in [6.45, 7) is 1.38. The molecule has 0 amide bonds. The van der Waals surface area contributed by atoms with Gasteiger partial charge in [-0.1, -0.05) is 0 Å². The lowest BCUT2D eigenvalue weighted by Crippen LogP contribution is -2.11. The first-order chi connectivity index (χ1) is 4.81. The molecule has 0 aromatic heterocycles. The summed E-state index contributed by atoms with van der Waals surface area (Å²) in [5.74, 6) is -0.253. The van der Waals surface area contributed by atoms with Gasteiger partial charge >= 0.3 is 5.97 Å². The number of rotatable bonds is 5. The fraction of sp³-hybridized carbons (Fsp3) is 0.833. The molecule has 4 nitrogen and oxygen atoms in total. The van der Waals surface area contributed by atoms with Crippen LogP contribution in [0.4, 0.5) is 0 Å². The molecule has 2 N–H and O–H groups in total. The van der Waals surface area contributed by atoms with E-state index in [4.69, 9.17) is 10.5 Å². The van der Waals surface area contributed by atoms with Crippen LogP contribution in [-0.4, -0.2) is 32.8 Å². The molecule has 0 bridgehead atoms. The van der Waals surface area contributed by atoms with Crippen molar-refractivity contribution in [1.82, 2.24) is 0 Å². The van der Waals surface area contributed by atoms with E-state index in [1.807, 2.05) is 0 Å². The van der Waals surface area contributed by atoms with Gasteiger partial charge in [0, 0.05) is 6.54 Å². The maximum absolute atomic E-state index is 10.4. The second-order valence-electron chi connectivity index (χ2n) is 1.73. The van der Waals surface area contributed by atoms with Crippen molar-refractivity contribution in [3.05, 3.63) is 0 Å². The summed E-state index contributed by atoms with van der Waals surface area (Å²) in [4.78, 5) is 10.4. The van der Waals surface area contributed by atoms with Crippen LogP contribution in [0, 0.1) is 0 Å². The van der Waals surface area contributed by atoms with Gasteiger partial charge in [-0.15, -0.1) is 0 Å². The zero-order valence-corrected chi connectivity index (χ0v) is 6.13. The Morgan fingerprint density at radius 1 is 1.50 bits per heavy atom. The fourth-order valence-electron chi connectivity index (χ4n) is 0.443. The topological polar surface area (TPSA) is 61.5 Å². The molecule has 0 aliphatic heterocycles. The van der Waals surface area contributed by atoms with Crippen molar-refractivity contribution in [2.45, 2.75) is 6.42 Å². The molecule has 10 heavy (non-hydrogen) atoms. The highest BCUT2D eigenvalue weighted by Crippen LogP contribution is 1.84. The molecule has 0 aromatic rings. The molecule has 0 fully saturated rings. The summed E-state index contributed by atoms with van der Waals surface area (Å²) in [7, 11) is 1.35. The Balaban J connectivity index is 2.96. The molecule has 0 aromatic carbocycles. The van der Waals surface area contributed by atoms with E-state index in [1.165, 1.54) is 7.11 Å². The molecule has 0 heterocycles. The van der Waals surface area contributed by atoms with Gasteiger partial charge in [0.1, 0.15) is 0 Å². The van der Waals surface area contributed by atoms with Crippen LogP contribution in [0.15, 0.2) is 0 Å². The van der Waals surface area contributed by atoms with Gasteiger partial charge in [0.15, 0.2) is 0 Å². The molecule has 60 valence electrons. The molecule has 0 aliphatic rings. The molecular formula is C6H13NO3. The van der Waals surface area contributed by atoms with Gasteiger partial charge in [0.05, 0.1) is 26.7 Å². The lowest BCUT2D eigenvalue weighted by atomic mass is 10.5. The summed E-state index contributed by atoms with van der Waals surface area (Å²) in [6.07, 6.45) is 0.302. The number of hydrogen-bond acceptors (Lipinski definition) is 4. The molecule has 0 unspecified atom stereocenters. The molecule has 0 spiro atoms. The maximum Gasteiger partial charge on any atom is 0.307 e. The summed E-state index contributed by atoms with van der Waals surface area (Å²) >= 11 is 0. The standard InChI is InChI=1S/C6H13NO3/c1-9-6(8)2-4-10-5-3-7/h2-5,7H2,1H3. The summed E-state index contributed by atoms with van der Waals surface area (Å²) < 4.78 is 9.31. The second-order valence-corrected chi connectivity index (χ2v) is 1.73. The molecule has 4 heteroatoms. The van der Waals surface area contributed by atoms with E-state index in [0.717, 1.165) is 0 Å². The Morgan fingerprint density at radius 3 is 2.70 bits per heavy atom. The van der Waals surface area contributed by atoms with E-state index in [1.54, 1.807) is 0 Å². The largest absolute Gasteiger partial charge is 0.469 e. The molecule has 0 rings (SSSR count). The summed E-state index contributed by atoms with van der Waals surface area (Å²) in [6, 6.07) is 0. The Labute approximate surface area is 60.3 Å². The highest BCUT2D eigenvalue weighted by molar-refractivity contribution is 5.69. The monoisotopic (exact) mass is 147 g/mol. The molecular weight excluding hydrogens is 134 g/mol. The van der Waals surface area contributed by atoms with Crippen molar-refractivity contribution in [3.8, 4) is 0 Å². The lowest BCUT2D eigenvalue weighted by molar-refractivity contribution is -0.141. The van der Waals surface area contributed by atoms with Gasteiger partial charge in [-0.3, -0.25) is 4.79 Å². The molecule has 0 radical (unpaired) electrons. The number of carbonyl (C=O) groups is 1. The highest BCUT2D eigenvalue weighted by atomic mass is 16.5. The van der Waals surface area contributed by atoms with Crippen molar-refractivity contribution in [2.24, 2.45) is 5.73 Å². The van der Waals surface area contributed by atoms with E-state index >= 15 is 0 Å². The molecule has 0 aliphatic carbocycles. The van der Waals surface area contributed by atoms with Crippen molar-refractivity contribution in [1.29, 1.82) is 0 Å². The Hall–Kier alpha value is -0.610. The van der Waals surface area contributed by atoms with Crippen LogP contribution in [0.1, 0.15) is 6.42 Å². The normalized spacial score (nSPS) is 9.40. The van der Waals surface area contributed by atoms with Gasteiger partial charge in [-0.25, -0.2) is 0 Å². The minimum atomic E-state index is -0.253. The van der Waals surface area contributed by atoms with E-state index in [0.29, 0.717) is 26.2 Å². The number of nitrogens with two attached hydrogens (primary N) is 1. The predicted octanol–water partition coefficient (Wildman–Crippen LogP) is -0.475. The van der Waals surface area contributed by atoms with E-state index in [-0.39, 0.29) is 5.97 Å². The van der Waals surface area contributed by atoms with Gasteiger partial charge in [0.25, 0.3) is 0 Å². The van der Waals surface area contributed by atoms with E-state index in [9.17, 15) is 4.79 Å². The number of carbonyl (C=O) groups excluding carboxylic acids is 1. The second kappa shape index (κ2) is 6.51. The quantitative estimate of drug-likeness (QED) is 0.421. The maximum atomic E-state index is 10.4. The van der Waals surface area contributed by atoms with Crippen LogP contribution in [0.3, 0.4) is 0 Å². The fourth-order valence-corrected chi connectivity index (χ4v) is 0.443. The predicted molar refractivity (Wildman–Crippen MR) is 36.5 cm³/mol. The minimum Gasteiger partial charge on any atom is -0.469 e. The zero-order valence-electron chi connectivity index (χ0n) is 6.13. The highest BCUT2D eigenvalue weighted by Gasteiger charge is 1.97. The Bertz CT molecular complexity index is 95.0. The van der Waals surface area contributed by atoms with Crippen LogP contribution in [-0.2, 0) is 14.3 Å². The number of esters is 1. The smallest absolute Gasteiger partial charge is 0.307 e. The van der Waals surface area contributed by atoms with Gasteiger partial charge in [-0.05, 0) is 0 Å². The van der Waals surface area contributed by atoms with Crippen molar-refractivity contribution >= 4 is 5.97 Å². The van der Waals surface area contributed by atoms with Gasteiger partial charge in [-0.2, -0.15) is 0 Å². The first-order valence-electron chi connectivity index (χ1n) is 3.16. The Kier molecular flexibility index (Phi) is 6.11. The third-order valence-corrected chi connectivity index (χ3v) is 0.940. The average molecular weight is 147 g/mol. The minimum absolute atomic E-state index is 0.253. The van der Waals surface area contributed by atoms with Gasteiger partial charge < -0.3 is 15.2 Å². The molecule has 0 saturated carbocycles. The average Bonchev–Trinajstić information content (AvgIpc) is 1.98. The first-order valence-corrected chi connectivity index (χ1v) is 3.16. The van der Waals surface area contributed by atoms with Crippen molar-refractivity contribution in [3.63, 3.8) is 0 Å². The Morgan fingerprint density at radius 2 is 2.20 bits per heavy atom. The number of ether oxygens (including phenoxy) is 2. The van der Waals surface area contributed by atoms with E-state index < -0.39 is 0 Å². The van der Waals surface area contributed by atoms with Crippen LogP contribution in [0.2, 0.25) is 0 Å². The lowest BCUT2D eigenvalue weighted by Gasteiger charge is -1.99. The van der Waals surface area contributed by atoms with Crippen molar-refractivity contribution < 1.29 is 14.3 Å². The zero-order chi connectivity index (χ0) is 7.82. The van der Waals surface area contributed by atoms with Crippen LogP contribution in [0.25, 0.3) is 0 Å². The number of hydrogen-bond donors (Lipinski definition) is 1. The van der Waals surface area contributed by atoms with E-state index in [2.05, 4.69) is 4.74 Å². The first kappa shape index (κ1) is 9.39. The number of methoxy groups -OCH3 is 1. The third kappa shape index (κ3) is 5.53. The summed E-state index contributed by atoms with van der Waals surface area (Å²) in [5, 5.41) is 0. The third-order valence-electron chi connectivity index (χ3n) is 0.940. The van der Waals surface area contributed by atoms with Crippen LogP contribution < -0.4 is 5.73 Å². The summed E-state index contributed by atoms with van der Waals surface area (Å²) in [5.41, 5.74) is 5.14. The SMILES string of the molecule is COC(=O)CCOCCN. The van der Waals surface area contributed by atoms with Gasteiger partial charge in [0.2, 0.25) is 0 Å². The van der Waals surface area contributed by atoms with Crippen molar-refractivity contribution in [2.75, 3.05) is 26.9 Å². The van der Waals surface area contributed by atoms with Crippen LogP contribution in [0.5, 0.6) is 0 Å². The molecule has 0 atom stereocenters. The molecule has 0 saturated heterocycles. The van der Waals surface area contributed by atoms with Crippen LogP contribution >= 0.6 is 0 Å².